The molecular weight excluding hydrogens is 198 g/mol. The number of allylic oxidation sites excluding steroid dienone is 2. The van der Waals surface area contributed by atoms with Gasteiger partial charge in [-0.05, 0) is 31.4 Å². The summed E-state index contributed by atoms with van der Waals surface area (Å²) in [4.78, 5) is 0. The molecule has 0 spiro atoms. The lowest BCUT2D eigenvalue weighted by Gasteiger charge is -2.12. The van der Waals surface area contributed by atoms with Crippen LogP contribution in [0.15, 0.2) is 36.6 Å². The van der Waals surface area contributed by atoms with E-state index in [9.17, 15) is 0 Å². The van der Waals surface area contributed by atoms with Gasteiger partial charge in [0.05, 0.1) is 0 Å². The molecule has 0 amide bonds. The van der Waals surface area contributed by atoms with Gasteiger partial charge in [0, 0.05) is 14.1 Å². The molecule has 2 nitrogen and oxygen atoms in total. The Morgan fingerprint density at radius 3 is 2.56 bits per heavy atom. The summed E-state index contributed by atoms with van der Waals surface area (Å²) in [5.41, 5.74) is 11.3. The highest BCUT2D eigenvalue weighted by atomic mass is 16.0. The van der Waals surface area contributed by atoms with Crippen molar-refractivity contribution in [2.45, 2.75) is 27.2 Å². The van der Waals surface area contributed by atoms with Crippen LogP contribution in [-0.2, 0) is 6.42 Å². The van der Waals surface area contributed by atoms with Gasteiger partial charge in [-0.25, -0.2) is 0 Å². The second-order valence-corrected chi connectivity index (χ2v) is 3.74. The first-order chi connectivity index (χ1) is 7.10. The fraction of sp³-hybridized carbons (Fsp3) is 0.286. The van der Waals surface area contributed by atoms with Crippen molar-refractivity contribution in [2.24, 2.45) is 5.73 Å². The first-order valence-electron chi connectivity index (χ1n) is 5.31. The highest BCUT2D eigenvalue weighted by Gasteiger charge is 2.06. The summed E-state index contributed by atoms with van der Waals surface area (Å²) in [5, 5.41) is 0. The van der Waals surface area contributed by atoms with Gasteiger partial charge in [0.25, 0.3) is 0 Å². The monoisotopic (exact) mass is 223 g/mol. The van der Waals surface area contributed by atoms with Crippen LogP contribution in [0.5, 0.6) is 0 Å². The largest absolute Gasteiger partial charge is 0.412 e. The fourth-order valence-corrected chi connectivity index (χ4v) is 1.79. The van der Waals surface area contributed by atoms with Crippen LogP contribution in [0.2, 0.25) is 0 Å². The summed E-state index contributed by atoms with van der Waals surface area (Å²) in [5.74, 6) is 0. The molecule has 0 saturated heterocycles. The van der Waals surface area contributed by atoms with E-state index < -0.39 is 0 Å². The van der Waals surface area contributed by atoms with Crippen molar-refractivity contribution in [2.75, 3.05) is 0 Å². The Morgan fingerprint density at radius 1 is 1.50 bits per heavy atom. The molecule has 0 aromatic heterocycles. The van der Waals surface area contributed by atoms with Crippen LogP contribution in [0.3, 0.4) is 0 Å². The Morgan fingerprint density at radius 2 is 2.12 bits per heavy atom. The molecule has 0 fully saturated rings. The highest BCUT2D eigenvalue weighted by Crippen LogP contribution is 2.24. The van der Waals surface area contributed by atoms with Gasteiger partial charge in [-0.15, -0.1) is 0 Å². The number of hydrogen-bond acceptors (Lipinski definition) is 1. The van der Waals surface area contributed by atoms with Crippen LogP contribution < -0.4 is 5.73 Å². The lowest BCUT2D eigenvalue weighted by atomic mass is 9.95. The van der Waals surface area contributed by atoms with Crippen molar-refractivity contribution in [1.82, 2.24) is 0 Å². The van der Waals surface area contributed by atoms with Crippen LogP contribution in [0.25, 0.3) is 5.57 Å². The first kappa shape index (κ1) is 14.5. The van der Waals surface area contributed by atoms with E-state index in [0.717, 1.165) is 12.0 Å². The third-order valence-electron chi connectivity index (χ3n) is 2.57. The van der Waals surface area contributed by atoms with E-state index in [-0.39, 0.29) is 8.33 Å². The quantitative estimate of drug-likeness (QED) is 0.786. The van der Waals surface area contributed by atoms with Crippen LogP contribution >= 0.6 is 0 Å². The minimum atomic E-state index is 0. The molecule has 0 atom stereocenters. The Kier molecular flexibility index (Phi) is 5.54. The molecule has 0 unspecified atom stereocenters. The Hall–Kier alpha value is -1.54. The minimum Gasteiger partial charge on any atom is -0.412 e. The van der Waals surface area contributed by atoms with Gasteiger partial charge >= 0.3 is 0 Å². The zero-order chi connectivity index (χ0) is 11.4. The summed E-state index contributed by atoms with van der Waals surface area (Å²) < 4.78 is 0. The zero-order valence-corrected chi connectivity index (χ0v) is 10.3. The molecule has 92 valence electrons. The third-order valence-corrected chi connectivity index (χ3v) is 2.57. The van der Waals surface area contributed by atoms with E-state index in [1.165, 1.54) is 16.7 Å². The van der Waals surface area contributed by atoms with Gasteiger partial charge in [0.2, 0.25) is 0 Å². The standard InChI is InChI=1S/C14H19N.H2O.2H2/c1-5-12-9-10(3)7-8-14(12)13(6-2)11(4)15;;;/h6-9H,4-5,15H2,1-3H3;1H2;2*1H/b13-6-;;;. The maximum atomic E-state index is 5.78. The van der Waals surface area contributed by atoms with E-state index in [4.69, 9.17) is 5.73 Å². The third kappa shape index (κ3) is 2.97. The molecule has 1 aromatic rings. The van der Waals surface area contributed by atoms with Crippen LogP contribution in [0, 0.1) is 6.92 Å². The second kappa shape index (κ2) is 6.13. The first-order valence-corrected chi connectivity index (χ1v) is 5.31. The maximum Gasteiger partial charge on any atom is 0.0317 e. The van der Waals surface area contributed by atoms with E-state index >= 15 is 0 Å². The summed E-state index contributed by atoms with van der Waals surface area (Å²) >= 11 is 0. The number of nitrogens with two attached hydrogens (primary N) is 1. The molecule has 2 heteroatoms. The molecule has 0 bridgehead atoms. The van der Waals surface area contributed by atoms with Gasteiger partial charge in [-0.3, -0.25) is 0 Å². The van der Waals surface area contributed by atoms with E-state index in [1.54, 1.807) is 0 Å². The summed E-state index contributed by atoms with van der Waals surface area (Å²) in [6.45, 7) is 10.1. The van der Waals surface area contributed by atoms with Crippen molar-refractivity contribution in [3.63, 3.8) is 0 Å². The average Bonchev–Trinajstić information content (AvgIpc) is 2.20. The molecule has 1 rings (SSSR count). The van der Waals surface area contributed by atoms with Crippen molar-refractivity contribution < 1.29 is 8.33 Å². The lowest BCUT2D eigenvalue weighted by molar-refractivity contribution is 0.824. The van der Waals surface area contributed by atoms with Crippen molar-refractivity contribution in [1.29, 1.82) is 0 Å². The topological polar surface area (TPSA) is 57.5 Å². The Balaban J connectivity index is -0.000000750. The second-order valence-electron chi connectivity index (χ2n) is 3.74. The van der Waals surface area contributed by atoms with Crippen LogP contribution in [-0.4, -0.2) is 5.48 Å². The summed E-state index contributed by atoms with van der Waals surface area (Å²) in [6.07, 6.45) is 3.04. The molecule has 0 aliphatic heterocycles. The zero-order valence-electron chi connectivity index (χ0n) is 10.3. The number of aryl methyl sites for hydroxylation is 2. The average molecular weight is 223 g/mol. The molecule has 4 N–H and O–H groups in total. The number of hydrogen-bond donors (Lipinski definition) is 1. The van der Waals surface area contributed by atoms with E-state index in [1.807, 2.05) is 13.0 Å². The van der Waals surface area contributed by atoms with Crippen LogP contribution in [0.1, 0.15) is 33.4 Å². The minimum absolute atomic E-state index is 0. The molecule has 0 aliphatic carbocycles. The Bertz CT molecular complexity index is 414. The molecule has 0 radical (unpaired) electrons. The van der Waals surface area contributed by atoms with Gasteiger partial charge in [0.1, 0.15) is 0 Å². The SMILES string of the molecule is C=C(N)/C(=C/C)c1ccc(C)cc1CC.O.[HH].[HH]. The number of rotatable bonds is 3. The van der Waals surface area contributed by atoms with E-state index in [2.05, 4.69) is 38.6 Å². The molecule has 0 aliphatic rings. The fourth-order valence-electron chi connectivity index (χ4n) is 1.79. The summed E-state index contributed by atoms with van der Waals surface area (Å²) in [6, 6.07) is 6.45. The van der Waals surface area contributed by atoms with Crippen molar-refractivity contribution in [3.8, 4) is 0 Å². The van der Waals surface area contributed by atoms with Gasteiger partial charge in [-0.1, -0.05) is 43.3 Å². The predicted octanol–water partition coefficient (Wildman–Crippen LogP) is 3.10. The molecule has 0 saturated carbocycles. The number of benzene rings is 1. The molecule has 1 aromatic carbocycles. The van der Waals surface area contributed by atoms with E-state index in [0.29, 0.717) is 5.70 Å². The molecule has 16 heavy (non-hydrogen) atoms. The van der Waals surface area contributed by atoms with Gasteiger partial charge in [0.15, 0.2) is 0 Å². The smallest absolute Gasteiger partial charge is 0.0317 e. The van der Waals surface area contributed by atoms with Crippen molar-refractivity contribution >= 4 is 5.57 Å². The normalized spacial score (nSPS) is 10.8. The highest BCUT2D eigenvalue weighted by molar-refractivity contribution is 5.79. The van der Waals surface area contributed by atoms with Crippen LogP contribution in [0.4, 0.5) is 0 Å². The van der Waals surface area contributed by atoms with Crippen molar-refractivity contribution in [3.05, 3.63) is 53.2 Å². The van der Waals surface area contributed by atoms with Gasteiger partial charge < -0.3 is 11.2 Å². The Labute approximate surface area is 101 Å². The van der Waals surface area contributed by atoms with Gasteiger partial charge in [-0.2, -0.15) is 0 Å². The molecule has 0 heterocycles. The summed E-state index contributed by atoms with van der Waals surface area (Å²) in [7, 11) is 0. The maximum absolute atomic E-state index is 5.78. The molecular formula is C14H25NO. The lowest BCUT2D eigenvalue weighted by Crippen LogP contribution is -2.01. The predicted molar refractivity (Wildman–Crippen MR) is 75.4 cm³/mol.